The average Bonchev–Trinajstić information content (AvgIpc) is 2.66. The van der Waals surface area contributed by atoms with E-state index in [1.165, 1.54) is 17.8 Å². The highest BCUT2D eigenvalue weighted by atomic mass is 35.5. The minimum absolute atomic E-state index is 0.0988. The molecule has 0 atom stereocenters. The van der Waals surface area contributed by atoms with Crippen LogP contribution in [0.15, 0.2) is 35.3 Å². The van der Waals surface area contributed by atoms with Crippen LogP contribution in [-0.2, 0) is 11.8 Å². The molecule has 2 aromatic heterocycles. The fourth-order valence-corrected chi connectivity index (χ4v) is 2.67. The number of pyridine rings is 1. The summed E-state index contributed by atoms with van der Waals surface area (Å²) in [6.07, 6.45) is 1.53. The SMILES string of the molecule is CNC(=O)COc1cc2cc(Nc3nc(C)ncc3Cl)ccc2n(C)c1=O. The lowest BCUT2D eigenvalue weighted by molar-refractivity contribution is -0.122. The van der Waals surface area contributed by atoms with Crippen LogP contribution in [0.2, 0.25) is 5.02 Å². The number of hydrogen-bond acceptors (Lipinski definition) is 6. The maximum atomic E-state index is 12.4. The van der Waals surface area contributed by atoms with E-state index in [-0.39, 0.29) is 23.8 Å². The number of amides is 1. The first kappa shape index (κ1) is 18.7. The number of likely N-dealkylation sites (N-methyl/N-ethyl adjacent to an activating group) is 1. The summed E-state index contributed by atoms with van der Waals surface area (Å²) in [4.78, 5) is 32.1. The Bertz CT molecular complexity index is 1080. The minimum Gasteiger partial charge on any atom is -0.478 e. The summed E-state index contributed by atoms with van der Waals surface area (Å²) >= 11 is 6.13. The molecule has 1 aromatic carbocycles. The van der Waals surface area contributed by atoms with Crippen molar-refractivity contribution in [1.82, 2.24) is 19.9 Å². The first-order valence-electron chi connectivity index (χ1n) is 8.12. The molecule has 0 aliphatic rings. The van der Waals surface area contributed by atoms with Crippen LogP contribution >= 0.6 is 11.6 Å². The lowest BCUT2D eigenvalue weighted by atomic mass is 10.2. The molecule has 3 rings (SSSR count). The quantitative estimate of drug-likeness (QED) is 0.696. The van der Waals surface area contributed by atoms with Crippen LogP contribution in [0, 0.1) is 6.92 Å². The van der Waals surface area contributed by atoms with Crippen LogP contribution in [0.1, 0.15) is 5.82 Å². The van der Waals surface area contributed by atoms with Gasteiger partial charge in [0, 0.05) is 25.2 Å². The maximum Gasteiger partial charge on any atom is 0.293 e. The molecule has 3 aromatic rings. The van der Waals surface area contributed by atoms with Crippen molar-refractivity contribution < 1.29 is 9.53 Å². The van der Waals surface area contributed by atoms with Crippen molar-refractivity contribution in [2.24, 2.45) is 7.05 Å². The highest BCUT2D eigenvalue weighted by molar-refractivity contribution is 6.32. The third-order valence-electron chi connectivity index (χ3n) is 3.96. The molecule has 0 aliphatic carbocycles. The molecule has 0 saturated carbocycles. The van der Waals surface area contributed by atoms with Crippen molar-refractivity contribution in [3.63, 3.8) is 0 Å². The van der Waals surface area contributed by atoms with Crippen molar-refractivity contribution in [3.8, 4) is 5.75 Å². The molecule has 0 bridgehead atoms. The Kier molecular flexibility index (Phi) is 5.27. The number of carbonyl (C=O) groups is 1. The zero-order chi connectivity index (χ0) is 19.6. The molecule has 140 valence electrons. The normalized spacial score (nSPS) is 10.7. The highest BCUT2D eigenvalue weighted by Gasteiger charge is 2.11. The van der Waals surface area contributed by atoms with E-state index in [0.29, 0.717) is 16.7 Å². The number of aryl methyl sites for hydroxylation is 2. The second-order valence-corrected chi connectivity index (χ2v) is 6.25. The number of hydrogen-bond donors (Lipinski definition) is 2. The smallest absolute Gasteiger partial charge is 0.293 e. The molecule has 0 spiro atoms. The van der Waals surface area contributed by atoms with Crippen molar-refractivity contribution in [3.05, 3.63) is 51.7 Å². The molecule has 2 N–H and O–H groups in total. The van der Waals surface area contributed by atoms with Gasteiger partial charge in [-0.1, -0.05) is 11.6 Å². The van der Waals surface area contributed by atoms with Crippen LogP contribution in [0.5, 0.6) is 5.75 Å². The largest absolute Gasteiger partial charge is 0.478 e. The molecule has 0 unspecified atom stereocenters. The molecule has 0 fully saturated rings. The molecule has 1 amide bonds. The van der Waals surface area contributed by atoms with E-state index in [2.05, 4.69) is 20.6 Å². The monoisotopic (exact) mass is 387 g/mol. The van der Waals surface area contributed by atoms with E-state index >= 15 is 0 Å². The van der Waals surface area contributed by atoms with E-state index in [1.807, 2.05) is 18.2 Å². The van der Waals surface area contributed by atoms with Gasteiger partial charge in [0.25, 0.3) is 11.5 Å². The second-order valence-electron chi connectivity index (χ2n) is 5.85. The second kappa shape index (κ2) is 7.63. The first-order valence-corrected chi connectivity index (χ1v) is 8.50. The number of fused-ring (bicyclic) bond motifs is 1. The number of nitrogens with zero attached hydrogens (tertiary/aromatic N) is 3. The van der Waals surface area contributed by atoms with Crippen LogP contribution in [-0.4, -0.2) is 34.1 Å². The van der Waals surface area contributed by atoms with Gasteiger partial charge in [-0.3, -0.25) is 9.59 Å². The van der Waals surface area contributed by atoms with Gasteiger partial charge in [0.1, 0.15) is 10.8 Å². The molecule has 0 saturated heterocycles. The summed E-state index contributed by atoms with van der Waals surface area (Å²) in [6.45, 7) is 1.54. The molecule has 2 heterocycles. The van der Waals surface area contributed by atoms with Gasteiger partial charge in [0.15, 0.2) is 18.2 Å². The third-order valence-corrected chi connectivity index (χ3v) is 4.23. The minimum atomic E-state index is -0.318. The molecular weight excluding hydrogens is 370 g/mol. The zero-order valence-corrected chi connectivity index (χ0v) is 15.8. The van der Waals surface area contributed by atoms with E-state index in [0.717, 1.165) is 16.6 Å². The molecule has 0 radical (unpaired) electrons. The fraction of sp³-hybridized carbons (Fsp3) is 0.222. The number of anilines is 2. The number of halogens is 1. The summed E-state index contributed by atoms with van der Waals surface area (Å²) in [5.74, 6) is 0.863. The van der Waals surface area contributed by atoms with Crippen LogP contribution in [0.4, 0.5) is 11.5 Å². The predicted molar refractivity (Wildman–Crippen MR) is 104 cm³/mol. The average molecular weight is 388 g/mol. The fourth-order valence-electron chi connectivity index (χ4n) is 2.53. The topological polar surface area (TPSA) is 98.1 Å². The lowest BCUT2D eigenvalue weighted by Crippen LogP contribution is -2.27. The Hall–Kier alpha value is -3.13. The van der Waals surface area contributed by atoms with Gasteiger partial charge in [0.2, 0.25) is 0 Å². The van der Waals surface area contributed by atoms with Gasteiger partial charge < -0.3 is 19.9 Å². The molecule has 27 heavy (non-hydrogen) atoms. The van der Waals surface area contributed by atoms with Gasteiger partial charge in [-0.2, -0.15) is 0 Å². The Morgan fingerprint density at radius 3 is 2.85 bits per heavy atom. The Balaban J connectivity index is 1.98. The number of ether oxygens (including phenoxy) is 1. The van der Waals surface area contributed by atoms with E-state index in [1.54, 1.807) is 20.0 Å². The van der Waals surface area contributed by atoms with E-state index in [4.69, 9.17) is 16.3 Å². The molecule has 9 heteroatoms. The highest BCUT2D eigenvalue weighted by Crippen LogP contribution is 2.26. The summed E-state index contributed by atoms with van der Waals surface area (Å²) in [5, 5.41) is 6.75. The van der Waals surface area contributed by atoms with Crippen LogP contribution in [0.25, 0.3) is 10.9 Å². The molecular formula is C18H18ClN5O3. The van der Waals surface area contributed by atoms with Crippen LogP contribution < -0.4 is 20.9 Å². The zero-order valence-electron chi connectivity index (χ0n) is 15.0. The number of nitrogens with one attached hydrogen (secondary N) is 2. The number of carbonyl (C=O) groups excluding carboxylic acids is 1. The summed E-state index contributed by atoms with van der Waals surface area (Å²) in [6, 6.07) is 7.08. The van der Waals surface area contributed by atoms with Crippen molar-refractivity contribution >= 4 is 39.9 Å². The van der Waals surface area contributed by atoms with Crippen LogP contribution in [0.3, 0.4) is 0 Å². The molecule has 0 aliphatic heterocycles. The standard InChI is InChI=1S/C18H18ClN5O3/c1-10-21-8-13(19)17(22-10)23-12-4-5-14-11(6-12)7-15(18(26)24(14)3)27-9-16(25)20-2/h4-8H,9H2,1-3H3,(H,20,25)(H,21,22,23). The van der Waals surface area contributed by atoms with Gasteiger partial charge >= 0.3 is 0 Å². The summed E-state index contributed by atoms with van der Waals surface area (Å²) in [5.41, 5.74) is 1.14. The van der Waals surface area contributed by atoms with Gasteiger partial charge in [-0.05, 0) is 31.2 Å². The number of aromatic nitrogens is 3. The molecule has 8 nitrogen and oxygen atoms in total. The number of rotatable bonds is 5. The Labute approximate surface area is 160 Å². The predicted octanol–water partition coefficient (Wildman–Crippen LogP) is 2.16. The number of benzene rings is 1. The van der Waals surface area contributed by atoms with Gasteiger partial charge in [-0.15, -0.1) is 0 Å². The first-order chi connectivity index (χ1) is 12.9. The van der Waals surface area contributed by atoms with Gasteiger partial charge in [0.05, 0.1) is 11.7 Å². The summed E-state index contributed by atoms with van der Waals surface area (Å²) < 4.78 is 6.84. The van der Waals surface area contributed by atoms with Crippen molar-refractivity contribution in [1.29, 1.82) is 0 Å². The third kappa shape index (κ3) is 4.01. The van der Waals surface area contributed by atoms with E-state index < -0.39 is 0 Å². The Morgan fingerprint density at radius 1 is 1.33 bits per heavy atom. The maximum absolute atomic E-state index is 12.4. The van der Waals surface area contributed by atoms with Crippen molar-refractivity contribution in [2.75, 3.05) is 19.0 Å². The lowest BCUT2D eigenvalue weighted by Gasteiger charge is -2.12. The van der Waals surface area contributed by atoms with Crippen molar-refractivity contribution in [2.45, 2.75) is 6.92 Å². The summed E-state index contributed by atoms with van der Waals surface area (Å²) in [7, 11) is 3.15. The Morgan fingerprint density at radius 2 is 2.11 bits per heavy atom. The van der Waals surface area contributed by atoms with E-state index in [9.17, 15) is 9.59 Å². The van der Waals surface area contributed by atoms with Gasteiger partial charge in [-0.25, -0.2) is 9.97 Å².